The first-order valence-corrected chi connectivity index (χ1v) is 9.96. The van der Waals surface area contributed by atoms with Crippen LogP contribution in [0, 0.1) is 3.57 Å². The highest BCUT2D eigenvalue weighted by atomic mass is 127. The molecule has 0 N–H and O–H groups in total. The first-order valence-electron chi connectivity index (χ1n) is 6.86. The number of rotatable bonds is 4. The molecule has 5 heteroatoms. The van der Waals surface area contributed by atoms with Crippen molar-refractivity contribution in [3.05, 3.63) is 86.4 Å². The minimum Gasteiger partial charge on any atom is -0.464 e. The largest absolute Gasteiger partial charge is 0.464 e. The van der Waals surface area contributed by atoms with Crippen molar-refractivity contribution in [2.45, 2.75) is 0 Å². The van der Waals surface area contributed by atoms with Crippen LogP contribution in [-0.4, -0.2) is 0 Å². The lowest BCUT2D eigenvalue weighted by atomic mass is 10.3. The SMILES string of the molecule is Clc1ccc(P(Oc2cccc(I)c2)c2ccc(Cl)cc2)cc1. The summed E-state index contributed by atoms with van der Waals surface area (Å²) < 4.78 is 7.46. The van der Waals surface area contributed by atoms with Crippen LogP contribution in [0.15, 0.2) is 72.8 Å². The molecule has 0 aromatic heterocycles. The quantitative estimate of drug-likeness (QED) is 0.333. The monoisotopic (exact) mass is 472 g/mol. The summed E-state index contributed by atoms with van der Waals surface area (Å²) in [6.45, 7) is 0. The van der Waals surface area contributed by atoms with Crippen molar-refractivity contribution >= 4 is 64.6 Å². The Morgan fingerprint density at radius 1 is 0.739 bits per heavy atom. The molecular formula is C18H12Cl2IOP. The van der Waals surface area contributed by atoms with Crippen molar-refractivity contribution in [3.63, 3.8) is 0 Å². The molecule has 0 unspecified atom stereocenters. The Hall–Kier alpha value is -0.800. The van der Waals surface area contributed by atoms with E-state index in [0.29, 0.717) is 10.0 Å². The first kappa shape index (κ1) is 17.0. The average molecular weight is 473 g/mol. The summed E-state index contributed by atoms with van der Waals surface area (Å²) in [6.07, 6.45) is 0. The second-order valence-corrected chi connectivity index (χ2v) is 8.72. The molecule has 0 aliphatic carbocycles. The van der Waals surface area contributed by atoms with Crippen molar-refractivity contribution in [2.24, 2.45) is 0 Å². The molecule has 0 radical (unpaired) electrons. The molecule has 0 fully saturated rings. The molecule has 23 heavy (non-hydrogen) atoms. The Morgan fingerprint density at radius 3 is 1.74 bits per heavy atom. The third-order valence-corrected chi connectivity index (χ3v) is 6.22. The summed E-state index contributed by atoms with van der Waals surface area (Å²) in [5, 5.41) is 3.64. The number of hydrogen-bond acceptors (Lipinski definition) is 1. The van der Waals surface area contributed by atoms with E-state index in [1.54, 1.807) is 0 Å². The zero-order valence-corrected chi connectivity index (χ0v) is 16.5. The summed E-state index contributed by atoms with van der Waals surface area (Å²) >= 11 is 14.3. The van der Waals surface area contributed by atoms with Crippen molar-refractivity contribution < 1.29 is 4.52 Å². The standard InChI is InChI=1S/C18H12Cl2IOP/c19-13-4-8-17(9-5-13)23(18-10-6-14(20)7-11-18)22-16-3-1-2-15(21)12-16/h1-12H. The van der Waals surface area contributed by atoms with Gasteiger partial charge in [0.2, 0.25) is 0 Å². The van der Waals surface area contributed by atoms with Gasteiger partial charge in [0.15, 0.2) is 8.15 Å². The lowest BCUT2D eigenvalue weighted by Crippen LogP contribution is -2.15. The third-order valence-electron chi connectivity index (χ3n) is 3.12. The van der Waals surface area contributed by atoms with Crippen LogP contribution in [0.4, 0.5) is 0 Å². The third kappa shape index (κ3) is 4.60. The highest BCUT2D eigenvalue weighted by Crippen LogP contribution is 2.37. The van der Waals surface area contributed by atoms with E-state index in [1.165, 1.54) is 0 Å². The highest BCUT2D eigenvalue weighted by Gasteiger charge is 2.17. The van der Waals surface area contributed by atoms with Crippen LogP contribution >= 0.6 is 53.9 Å². The summed E-state index contributed by atoms with van der Waals surface area (Å²) in [7, 11) is -0.985. The van der Waals surface area contributed by atoms with E-state index < -0.39 is 8.15 Å². The van der Waals surface area contributed by atoms with Crippen LogP contribution < -0.4 is 15.1 Å². The van der Waals surface area contributed by atoms with Crippen molar-refractivity contribution in [2.75, 3.05) is 0 Å². The van der Waals surface area contributed by atoms with Crippen LogP contribution in [0.5, 0.6) is 5.75 Å². The molecule has 0 saturated carbocycles. The summed E-state index contributed by atoms with van der Waals surface area (Å²) in [6, 6.07) is 23.6. The van der Waals surface area contributed by atoms with Crippen LogP contribution in [0.3, 0.4) is 0 Å². The number of halogens is 3. The van der Waals surface area contributed by atoms with Crippen LogP contribution in [-0.2, 0) is 0 Å². The Kier molecular flexibility index (Phi) is 5.81. The van der Waals surface area contributed by atoms with E-state index in [9.17, 15) is 0 Å². The summed E-state index contributed by atoms with van der Waals surface area (Å²) in [4.78, 5) is 0. The Morgan fingerprint density at radius 2 is 1.26 bits per heavy atom. The topological polar surface area (TPSA) is 9.23 Å². The van der Waals surface area contributed by atoms with Crippen LogP contribution in [0.1, 0.15) is 0 Å². The Bertz CT molecular complexity index is 745. The molecule has 3 aromatic rings. The molecule has 0 saturated heterocycles. The van der Waals surface area contributed by atoms with E-state index in [4.69, 9.17) is 27.7 Å². The number of benzene rings is 3. The lowest BCUT2D eigenvalue weighted by Gasteiger charge is -2.19. The molecule has 0 aliphatic rings. The van der Waals surface area contributed by atoms with Gasteiger partial charge in [-0.25, -0.2) is 0 Å². The van der Waals surface area contributed by atoms with Gasteiger partial charge in [-0.15, -0.1) is 0 Å². The van der Waals surface area contributed by atoms with E-state index in [0.717, 1.165) is 19.9 Å². The lowest BCUT2D eigenvalue weighted by molar-refractivity contribution is 0.629. The maximum atomic E-state index is 6.32. The van der Waals surface area contributed by atoms with Gasteiger partial charge in [-0.1, -0.05) is 29.3 Å². The van der Waals surface area contributed by atoms with Crippen LogP contribution in [0.2, 0.25) is 10.0 Å². The smallest absolute Gasteiger partial charge is 0.150 e. The Labute approximate surface area is 160 Å². The molecule has 0 bridgehead atoms. The molecule has 3 aromatic carbocycles. The number of hydrogen-bond donors (Lipinski definition) is 0. The zero-order chi connectivity index (χ0) is 16.2. The Balaban J connectivity index is 1.98. The normalized spacial score (nSPS) is 10.8. The second-order valence-electron chi connectivity index (χ2n) is 4.80. The molecule has 116 valence electrons. The van der Waals surface area contributed by atoms with Gasteiger partial charge >= 0.3 is 0 Å². The highest BCUT2D eigenvalue weighted by molar-refractivity contribution is 14.1. The van der Waals surface area contributed by atoms with Gasteiger partial charge in [0.25, 0.3) is 0 Å². The fraction of sp³-hybridized carbons (Fsp3) is 0. The first-order chi connectivity index (χ1) is 11.1. The minimum atomic E-state index is -0.985. The molecule has 0 aliphatic heterocycles. The zero-order valence-electron chi connectivity index (χ0n) is 11.9. The van der Waals surface area contributed by atoms with Gasteiger partial charge in [-0.3, -0.25) is 0 Å². The van der Waals surface area contributed by atoms with Gasteiger partial charge < -0.3 is 4.52 Å². The van der Waals surface area contributed by atoms with Gasteiger partial charge in [0.1, 0.15) is 5.75 Å². The van der Waals surface area contributed by atoms with E-state index in [1.807, 2.05) is 72.8 Å². The fourth-order valence-electron chi connectivity index (χ4n) is 2.04. The molecule has 0 amide bonds. The average Bonchev–Trinajstić information content (AvgIpc) is 2.55. The maximum Gasteiger partial charge on any atom is 0.150 e. The van der Waals surface area contributed by atoms with Gasteiger partial charge in [0.05, 0.1) is 0 Å². The molecule has 3 rings (SSSR count). The molecule has 0 heterocycles. The minimum absolute atomic E-state index is 0.717. The van der Waals surface area contributed by atoms with Crippen molar-refractivity contribution in [3.8, 4) is 5.75 Å². The van der Waals surface area contributed by atoms with Crippen molar-refractivity contribution in [1.82, 2.24) is 0 Å². The van der Waals surface area contributed by atoms with Crippen molar-refractivity contribution in [1.29, 1.82) is 0 Å². The second kappa shape index (κ2) is 7.85. The summed E-state index contributed by atoms with van der Waals surface area (Å²) in [5.41, 5.74) is 0. The molecule has 0 spiro atoms. The van der Waals surface area contributed by atoms with Crippen LogP contribution in [0.25, 0.3) is 0 Å². The molecule has 0 atom stereocenters. The molecular weight excluding hydrogens is 461 g/mol. The van der Waals surface area contributed by atoms with E-state index in [-0.39, 0.29) is 0 Å². The van der Waals surface area contributed by atoms with Gasteiger partial charge in [-0.2, -0.15) is 0 Å². The van der Waals surface area contributed by atoms with E-state index >= 15 is 0 Å². The van der Waals surface area contributed by atoms with E-state index in [2.05, 4.69) is 22.6 Å². The maximum absolute atomic E-state index is 6.32. The van der Waals surface area contributed by atoms with Gasteiger partial charge in [-0.05, 0) is 89.3 Å². The molecule has 1 nitrogen and oxygen atoms in total. The fourth-order valence-corrected chi connectivity index (χ4v) is 4.48. The predicted octanol–water partition coefficient (Wildman–Crippen LogP) is 6.02. The predicted molar refractivity (Wildman–Crippen MR) is 109 cm³/mol. The van der Waals surface area contributed by atoms with Gasteiger partial charge in [0, 0.05) is 24.2 Å². The summed E-state index contributed by atoms with van der Waals surface area (Å²) in [5.74, 6) is 0.855.